The molecule has 0 saturated carbocycles. The Hall–Kier alpha value is -1.90. The summed E-state index contributed by atoms with van der Waals surface area (Å²) in [6.45, 7) is 0. The first-order valence-corrected chi connectivity index (χ1v) is 4.11. The lowest BCUT2D eigenvalue weighted by molar-refractivity contribution is 0.427. The lowest BCUT2D eigenvalue weighted by Crippen LogP contribution is -1.89. The fourth-order valence-corrected chi connectivity index (χ4v) is 0.994. The lowest BCUT2D eigenvalue weighted by Gasteiger charge is -2.03. The van der Waals surface area contributed by atoms with E-state index >= 15 is 0 Å². The van der Waals surface area contributed by atoms with Gasteiger partial charge in [-0.05, 0) is 24.3 Å². The van der Waals surface area contributed by atoms with Crippen molar-refractivity contribution in [1.29, 1.82) is 0 Å². The van der Waals surface area contributed by atoms with E-state index in [-0.39, 0.29) is 5.75 Å². The van der Waals surface area contributed by atoms with Crippen LogP contribution in [0.5, 0.6) is 11.6 Å². The van der Waals surface area contributed by atoms with E-state index in [0.717, 1.165) is 0 Å². The van der Waals surface area contributed by atoms with Crippen LogP contribution in [0.25, 0.3) is 0 Å². The molecule has 69 valence electrons. The molecular formula is C11H7FNO. The molecule has 2 rings (SSSR count). The quantitative estimate of drug-likeness (QED) is 0.722. The number of nitrogens with zero attached hydrogens (tertiary/aromatic N) is 1. The SMILES string of the molecule is Fc1cc[c]cc1Oc1ccccn1. The van der Waals surface area contributed by atoms with Crippen molar-refractivity contribution < 1.29 is 9.13 Å². The fraction of sp³-hybridized carbons (Fsp3) is 0. The summed E-state index contributed by atoms with van der Waals surface area (Å²) in [5.41, 5.74) is 0. The first kappa shape index (κ1) is 8.69. The molecule has 1 radical (unpaired) electrons. The second-order valence-electron chi connectivity index (χ2n) is 2.63. The number of halogens is 1. The highest BCUT2D eigenvalue weighted by atomic mass is 19.1. The van der Waals surface area contributed by atoms with Crippen molar-refractivity contribution in [3.8, 4) is 11.6 Å². The maximum atomic E-state index is 13.1. The van der Waals surface area contributed by atoms with Crippen LogP contribution in [0.2, 0.25) is 0 Å². The van der Waals surface area contributed by atoms with E-state index in [2.05, 4.69) is 11.1 Å². The van der Waals surface area contributed by atoms with Gasteiger partial charge in [-0.15, -0.1) is 0 Å². The molecule has 0 aliphatic carbocycles. The molecule has 1 aromatic carbocycles. The Balaban J connectivity index is 2.24. The van der Waals surface area contributed by atoms with Gasteiger partial charge in [-0.3, -0.25) is 0 Å². The molecule has 0 aliphatic rings. The Labute approximate surface area is 81.0 Å². The molecule has 2 nitrogen and oxygen atoms in total. The predicted octanol–water partition coefficient (Wildman–Crippen LogP) is 2.81. The van der Waals surface area contributed by atoms with Crippen molar-refractivity contribution in [3.05, 3.63) is 54.5 Å². The maximum absolute atomic E-state index is 13.1. The number of hydrogen-bond acceptors (Lipinski definition) is 2. The zero-order chi connectivity index (χ0) is 9.80. The summed E-state index contributed by atoms with van der Waals surface area (Å²) in [5.74, 6) is 0.0756. The number of pyridine rings is 1. The minimum absolute atomic E-state index is 0.131. The van der Waals surface area contributed by atoms with Crippen LogP contribution in [0.1, 0.15) is 0 Å². The van der Waals surface area contributed by atoms with Crippen molar-refractivity contribution in [3.63, 3.8) is 0 Å². The van der Waals surface area contributed by atoms with Gasteiger partial charge in [0.05, 0.1) is 0 Å². The molecule has 1 aromatic heterocycles. The van der Waals surface area contributed by atoms with Crippen molar-refractivity contribution in [1.82, 2.24) is 4.98 Å². The van der Waals surface area contributed by atoms with Crippen LogP contribution in [-0.4, -0.2) is 4.98 Å². The van der Waals surface area contributed by atoms with E-state index in [1.54, 1.807) is 24.4 Å². The zero-order valence-electron chi connectivity index (χ0n) is 7.27. The third-order valence-electron chi connectivity index (χ3n) is 1.63. The molecule has 0 aliphatic heterocycles. The van der Waals surface area contributed by atoms with Gasteiger partial charge in [-0.1, -0.05) is 12.1 Å². The van der Waals surface area contributed by atoms with Crippen molar-refractivity contribution >= 4 is 0 Å². The molecule has 14 heavy (non-hydrogen) atoms. The zero-order valence-corrected chi connectivity index (χ0v) is 7.27. The van der Waals surface area contributed by atoms with Gasteiger partial charge < -0.3 is 4.74 Å². The second-order valence-corrected chi connectivity index (χ2v) is 2.63. The van der Waals surface area contributed by atoms with E-state index < -0.39 is 5.82 Å². The standard InChI is InChI=1S/C11H7FNO/c12-9-5-1-2-6-10(9)14-11-7-3-4-8-13-11/h1,3-8H. The molecule has 1 heterocycles. The maximum Gasteiger partial charge on any atom is 0.219 e. The topological polar surface area (TPSA) is 22.1 Å². The van der Waals surface area contributed by atoms with Gasteiger partial charge in [-0.2, -0.15) is 0 Å². The number of aromatic nitrogens is 1. The van der Waals surface area contributed by atoms with Crippen LogP contribution in [-0.2, 0) is 0 Å². The van der Waals surface area contributed by atoms with Gasteiger partial charge in [0.1, 0.15) is 0 Å². The summed E-state index contributed by atoms with van der Waals surface area (Å²) < 4.78 is 18.3. The van der Waals surface area contributed by atoms with Crippen LogP contribution < -0.4 is 4.74 Å². The van der Waals surface area contributed by atoms with Gasteiger partial charge >= 0.3 is 0 Å². The highest BCUT2D eigenvalue weighted by molar-refractivity contribution is 5.27. The minimum atomic E-state index is -0.422. The molecule has 0 spiro atoms. The lowest BCUT2D eigenvalue weighted by atomic mass is 10.3. The summed E-state index contributed by atoms with van der Waals surface area (Å²) >= 11 is 0. The molecule has 0 bridgehead atoms. The number of hydrogen-bond donors (Lipinski definition) is 0. The molecule has 0 amide bonds. The van der Waals surface area contributed by atoms with Crippen molar-refractivity contribution in [2.45, 2.75) is 0 Å². The normalized spacial score (nSPS) is 9.79. The van der Waals surface area contributed by atoms with Crippen LogP contribution in [0.3, 0.4) is 0 Å². The van der Waals surface area contributed by atoms with Gasteiger partial charge in [-0.25, -0.2) is 9.37 Å². The summed E-state index contributed by atoms with van der Waals surface area (Å²) in [6, 6.07) is 12.1. The van der Waals surface area contributed by atoms with Crippen LogP contribution in [0.15, 0.2) is 42.6 Å². The average Bonchev–Trinajstić information content (AvgIpc) is 2.23. The predicted molar refractivity (Wildman–Crippen MR) is 49.5 cm³/mol. The van der Waals surface area contributed by atoms with Gasteiger partial charge in [0.25, 0.3) is 0 Å². The molecule has 3 heteroatoms. The fourth-order valence-electron chi connectivity index (χ4n) is 0.994. The molecule has 0 atom stereocenters. The highest BCUT2D eigenvalue weighted by Crippen LogP contribution is 2.21. The Bertz CT molecular complexity index is 417. The summed E-state index contributed by atoms with van der Waals surface area (Å²) in [7, 11) is 0. The summed E-state index contributed by atoms with van der Waals surface area (Å²) in [4.78, 5) is 3.91. The van der Waals surface area contributed by atoms with E-state index in [9.17, 15) is 4.39 Å². The van der Waals surface area contributed by atoms with Gasteiger partial charge in [0.15, 0.2) is 11.6 Å². The summed E-state index contributed by atoms with van der Waals surface area (Å²) in [5, 5.41) is 0. The van der Waals surface area contributed by atoms with E-state index in [4.69, 9.17) is 4.74 Å². The molecular weight excluding hydrogens is 181 g/mol. The third-order valence-corrected chi connectivity index (χ3v) is 1.63. The van der Waals surface area contributed by atoms with Crippen molar-refractivity contribution in [2.75, 3.05) is 0 Å². The Morgan fingerprint density at radius 3 is 2.93 bits per heavy atom. The molecule has 2 aromatic rings. The van der Waals surface area contributed by atoms with Gasteiger partial charge in [0.2, 0.25) is 5.88 Å². The van der Waals surface area contributed by atoms with Crippen LogP contribution in [0.4, 0.5) is 4.39 Å². The monoisotopic (exact) mass is 188 g/mol. The van der Waals surface area contributed by atoms with E-state index in [1.165, 1.54) is 18.2 Å². The Morgan fingerprint density at radius 2 is 2.21 bits per heavy atom. The summed E-state index contributed by atoms with van der Waals surface area (Å²) in [6.07, 6.45) is 1.58. The second kappa shape index (κ2) is 3.87. The average molecular weight is 188 g/mol. The number of rotatable bonds is 2. The van der Waals surface area contributed by atoms with Crippen molar-refractivity contribution in [2.24, 2.45) is 0 Å². The van der Waals surface area contributed by atoms with Gasteiger partial charge in [0, 0.05) is 12.3 Å². The Morgan fingerprint density at radius 1 is 1.29 bits per heavy atom. The third kappa shape index (κ3) is 1.88. The molecule has 0 N–H and O–H groups in total. The van der Waals surface area contributed by atoms with E-state index in [0.29, 0.717) is 5.88 Å². The first-order valence-electron chi connectivity index (χ1n) is 4.11. The molecule has 0 unspecified atom stereocenters. The molecule has 0 fully saturated rings. The number of ether oxygens (including phenoxy) is 1. The smallest absolute Gasteiger partial charge is 0.219 e. The minimum Gasteiger partial charge on any atom is -0.436 e. The Kier molecular flexibility index (Phi) is 2.40. The van der Waals surface area contributed by atoms with Crippen LogP contribution >= 0.6 is 0 Å². The highest BCUT2D eigenvalue weighted by Gasteiger charge is 2.02. The first-order chi connectivity index (χ1) is 6.86. The van der Waals surface area contributed by atoms with E-state index in [1.807, 2.05) is 0 Å². The number of benzene rings is 1. The van der Waals surface area contributed by atoms with Crippen LogP contribution in [0, 0.1) is 11.9 Å². The molecule has 0 saturated heterocycles. The largest absolute Gasteiger partial charge is 0.436 e.